The number of sulfone groups is 1. The van der Waals surface area contributed by atoms with Crippen LogP contribution in [0.15, 0.2) is 23.1 Å². The number of rotatable bonds is 5. The van der Waals surface area contributed by atoms with E-state index in [1.807, 2.05) is 13.8 Å². The van der Waals surface area contributed by atoms with E-state index in [9.17, 15) is 8.42 Å². The van der Waals surface area contributed by atoms with Crippen molar-refractivity contribution in [2.45, 2.75) is 24.0 Å². The second kappa shape index (κ2) is 5.98. The number of thioether (sulfide) groups is 1. The zero-order chi connectivity index (χ0) is 13.1. The summed E-state index contributed by atoms with van der Waals surface area (Å²) in [4.78, 5) is 0.134. The van der Waals surface area contributed by atoms with Crippen LogP contribution in [-0.4, -0.2) is 25.2 Å². The van der Waals surface area contributed by atoms with Crippen LogP contribution in [0.3, 0.4) is 0 Å². The van der Waals surface area contributed by atoms with Crippen molar-refractivity contribution < 1.29 is 8.42 Å². The predicted molar refractivity (Wildman–Crippen MR) is 75.5 cm³/mol. The lowest BCUT2D eigenvalue weighted by Gasteiger charge is -2.09. The highest BCUT2D eigenvalue weighted by atomic mass is 35.5. The Bertz CT molecular complexity index is 486. The molecule has 0 saturated heterocycles. The summed E-state index contributed by atoms with van der Waals surface area (Å²) in [5.41, 5.74) is 5.92. The Morgan fingerprint density at radius 2 is 2.06 bits per heavy atom. The minimum Gasteiger partial charge on any atom is -0.398 e. The molecule has 0 aliphatic heterocycles. The smallest absolute Gasteiger partial charge is 0.181 e. The molecule has 0 spiro atoms. The van der Waals surface area contributed by atoms with E-state index in [1.165, 1.54) is 12.1 Å². The van der Waals surface area contributed by atoms with Gasteiger partial charge in [0.1, 0.15) is 0 Å². The van der Waals surface area contributed by atoms with Crippen molar-refractivity contribution in [3.05, 3.63) is 23.2 Å². The highest BCUT2D eigenvalue weighted by Crippen LogP contribution is 2.24. The van der Waals surface area contributed by atoms with Crippen molar-refractivity contribution in [1.29, 1.82) is 0 Å². The van der Waals surface area contributed by atoms with E-state index in [-0.39, 0.29) is 16.3 Å². The zero-order valence-electron chi connectivity index (χ0n) is 9.81. The maximum Gasteiger partial charge on any atom is 0.181 e. The van der Waals surface area contributed by atoms with Crippen molar-refractivity contribution in [2.75, 3.05) is 17.2 Å². The first-order valence-corrected chi connectivity index (χ1v) is 8.30. The lowest BCUT2D eigenvalue weighted by Crippen LogP contribution is -2.12. The third-order valence-corrected chi connectivity index (χ3v) is 5.48. The molecular weight excluding hydrogens is 278 g/mol. The van der Waals surface area contributed by atoms with Gasteiger partial charge in [0.25, 0.3) is 0 Å². The molecule has 0 bridgehead atoms. The van der Waals surface area contributed by atoms with Crippen LogP contribution in [0.25, 0.3) is 0 Å². The molecule has 0 saturated carbocycles. The summed E-state index contributed by atoms with van der Waals surface area (Å²) in [6.07, 6.45) is 0. The van der Waals surface area contributed by atoms with Crippen LogP contribution in [0.2, 0.25) is 5.02 Å². The van der Waals surface area contributed by atoms with Crippen molar-refractivity contribution in [3.8, 4) is 0 Å². The standard InChI is InChI=1S/C11H16ClNO2S2/c1-8(2)16-5-6-17(14,15)11-7-9(12)3-4-10(11)13/h3-4,7-8H,5-6,13H2,1-2H3. The van der Waals surface area contributed by atoms with Gasteiger partial charge in [-0.2, -0.15) is 11.8 Å². The molecule has 0 atom stereocenters. The van der Waals surface area contributed by atoms with Crippen LogP contribution >= 0.6 is 23.4 Å². The molecule has 0 aliphatic carbocycles. The monoisotopic (exact) mass is 293 g/mol. The molecule has 1 aromatic rings. The van der Waals surface area contributed by atoms with Crippen LogP contribution < -0.4 is 5.73 Å². The van der Waals surface area contributed by atoms with E-state index in [4.69, 9.17) is 17.3 Å². The molecule has 0 radical (unpaired) electrons. The van der Waals surface area contributed by atoms with Gasteiger partial charge in [-0.25, -0.2) is 8.42 Å². The van der Waals surface area contributed by atoms with Crippen LogP contribution in [0.4, 0.5) is 5.69 Å². The molecule has 2 N–H and O–H groups in total. The van der Waals surface area contributed by atoms with Crippen LogP contribution in [0.5, 0.6) is 0 Å². The Morgan fingerprint density at radius 3 is 2.65 bits per heavy atom. The molecule has 3 nitrogen and oxygen atoms in total. The van der Waals surface area contributed by atoms with Crippen molar-refractivity contribution >= 4 is 38.9 Å². The largest absolute Gasteiger partial charge is 0.398 e. The molecule has 96 valence electrons. The number of benzene rings is 1. The molecular formula is C11H16ClNO2S2. The number of nitrogens with two attached hydrogens (primary N) is 1. The fourth-order valence-electron chi connectivity index (χ4n) is 1.28. The summed E-state index contributed by atoms with van der Waals surface area (Å²) < 4.78 is 24.1. The SMILES string of the molecule is CC(C)SCCS(=O)(=O)c1cc(Cl)ccc1N. The van der Waals surface area contributed by atoms with Gasteiger partial charge in [0.05, 0.1) is 16.3 Å². The quantitative estimate of drug-likeness (QED) is 0.848. The molecule has 0 amide bonds. The van der Waals surface area contributed by atoms with Crippen molar-refractivity contribution in [1.82, 2.24) is 0 Å². The molecule has 0 aromatic heterocycles. The number of hydrogen-bond acceptors (Lipinski definition) is 4. The van der Waals surface area contributed by atoms with Gasteiger partial charge < -0.3 is 5.73 Å². The average Bonchev–Trinajstić information content (AvgIpc) is 2.20. The average molecular weight is 294 g/mol. The summed E-state index contributed by atoms with van der Waals surface area (Å²) in [5, 5.41) is 0.802. The lowest BCUT2D eigenvalue weighted by molar-refractivity contribution is 0.598. The zero-order valence-corrected chi connectivity index (χ0v) is 12.2. The van der Waals surface area contributed by atoms with Gasteiger partial charge >= 0.3 is 0 Å². The maximum absolute atomic E-state index is 12.0. The second-order valence-electron chi connectivity index (χ2n) is 3.92. The number of anilines is 1. The topological polar surface area (TPSA) is 60.2 Å². The fraction of sp³-hybridized carbons (Fsp3) is 0.455. The molecule has 0 aliphatic rings. The minimum atomic E-state index is -3.34. The summed E-state index contributed by atoms with van der Waals surface area (Å²) in [5.74, 6) is 0.645. The Kier molecular flexibility index (Phi) is 5.16. The van der Waals surface area contributed by atoms with Gasteiger partial charge in [0, 0.05) is 10.8 Å². The Balaban J connectivity index is 2.86. The highest BCUT2D eigenvalue weighted by molar-refractivity contribution is 8.01. The van der Waals surface area contributed by atoms with Crippen LogP contribution in [0, 0.1) is 0 Å². The van der Waals surface area contributed by atoms with Crippen molar-refractivity contribution in [2.24, 2.45) is 0 Å². The van der Waals surface area contributed by atoms with Crippen LogP contribution in [-0.2, 0) is 9.84 Å². The van der Waals surface area contributed by atoms with E-state index < -0.39 is 9.84 Å². The number of hydrogen-bond donors (Lipinski definition) is 1. The molecule has 6 heteroatoms. The molecule has 0 unspecified atom stereocenters. The van der Waals surface area contributed by atoms with E-state index in [2.05, 4.69) is 0 Å². The van der Waals surface area contributed by atoms with E-state index in [0.717, 1.165) is 0 Å². The Morgan fingerprint density at radius 1 is 1.41 bits per heavy atom. The summed E-state index contributed by atoms with van der Waals surface area (Å²) >= 11 is 7.39. The Labute approximate surface area is 112 Å². The molecule has 17 heavy (non-hydrogen) atoms. The molecule has 0 heterocycles. The third kappa shape index (κ3) is 4.41. The molecule has 0 fully saturated rings. The van der Waals surface area contributed by atoms with E-state index in [1.54, 1.807) is 17.8 Å². The number of nitrogen functional groups attached to an aromatic ring is 1. The van der Waals surface area contributed by atoms with Gasteiger partial charge in [0.15, 0.2) is 9.84 Å². The van der Waals surface area contributed by atoms with E-state index in [0.29, 0.717) is 16.0 Å². The summed E-state index contributed by atoms with van der Waals surface area (Å²) in [7, 11) is -3.34. The minimum absolute atomic E-state index is 0.0837. The highest BCUT2D eigenvalue weighted by Gasteiger charge is 2.18. The van der Waals surface area contributed by atoms with Crippen molar-refractivity contribution in [3.63, 3.8) is 0 Å². The molecule has 1 aromatic carbocycles. The van der Waals surface area contributed by atoms with Gasteiger partial charge in [-0.3, -0.25) is 0 Å². The normalized spacial score (nSPS) is 12.0. The second-order valence-corrected chi connectivity index (χ2v) is 8.12. The third-order valence-electron chi connectivity index (χ3n) is 2.11. The first-order valence-electron chi connectivity index (χ1n) is 5.22. The van der Waals surface area contributed by atoms with Gasteiger partial charge in [-0.1, -0.05) is 25.4 Å². The van der Waals surface area contributed by atoms with Crippen LogP contribution in [0.1, 0.15) is 13.8 Å². The maximum atomic E-state index is 12.0. The van der Waals surface area contributed by atoms with Gasteiger partial charge in [0.2, 0.25) is 0 Å². The van der Waals surface area contributed by atoms with E-state index >= 15 is 0 Å². The fourth-order valence-corrected chi connectivity index (χ4v) is 4.21. The number of halogens is 1. The summed E-state index contributed by atoms with van der Waals surface area (Å²) in [6.45, 7) is 4.07. The Hall–Kier alpha value is -0.390. The summed E-state index contributed by atoms with van der Waals surface area (Å²) in [6, 6.07) is 4.51. The first-order chi connectivity index (χ1) is 7.83. The first kappa shape index (κ1) is 14.7. The van der Waals surface area contributed by atoms with Gasteiger partial charge in [-0.15, -0.1) is 0 Å². The molecule has 1 rings (SSSR count). The lowest BCUT2D eigenvalue weighted by atomic mass is 10.3. The van der Waals surface area contributed by atoms with Gasteiger partial charge in [-0.05, 0) is 23.4 Å². The predicted octanol–water partition coefficient (Wildman–Crippen LogP) is 2.84.